The molecule has 3 atom stereocenters. The van der Waals surface area contributed by atoms with Crippen molar-refractivity contribution >= 4 is 17.8 Å². The molecule has 1 saturated carbocycles. The zero-order valence-electron chi connectivity index (χ0n) is 23.9. The molecule has 1 unspecified atom stereocenters. The Hall–Kier alpha value is -4.32. The van der Waals surface area contributed by atoms with Crippen LogP contribution in [0.1, 0.15) is 64.1 Å². The maximum atomic E-state index is 14.4. The van der Waals surface area contributed by atoms with Crippen molar-refractivity contribution in [1.82, 2.24) is 19.8 Å². The van der Waals surface area contributed by atoms with E-state index in [-0.39, 0.29) is 36.9 Å². The van der Waals surface area contributed by atoms with E-state index >= 15 is 0 Å². The molecule has 3 aliphatic heterocycles. The van der Waals surface area contributed by atoms with Crippen molar-refractivity contribution in [2.75, 3.05) is 13.2 Å². The van der Waals surface area contributed by atoms with Gasteiger partial charge in [-0.3, -0.25) is 24.5 Å². The highest BCUT2D eigenvalue weighted by Gasteiger charge is 2.58. The highest BCUT2D eigenvalue weighted by atomic mass is 19.4. The van der Waals surface area contributed by atoms with Crippen LogP contribution in [0.3, 0.4) is 0 Å². The Morgan fingerprint density at radius 2 is 1.77 bits per heavy atom. The summed E-state index contributed by atoms with van der Waals surface area (Å²) in [7, 11) is 0. The van der Waals surface area contributed by atoms with Gasteiger partial charge in [0.2, 0.25) is 0 Å². The van der Waals surface area contributed by atoms with Crippen LogP contribution >= 0.6 is 0 Å². The van der Waals surface area contributed by atoms with E-state index in [1.807, 2.05) is 30.3 Å². The molecule has 0 bridgehead atoms. The molecule has 1 saturated heterocycles. The second kappa shape index (κ2) is 10.4. The van der Waals surface area contributed by atoms with Crippen LogP contribution in [0.2, 0.25) is 0 Å². The Morgan fingerprint density at radius 1 is 1.05 bits per heavy atom. The van der Waals surface area contributed by atoms with Gasteiger partial charge in [0, 0.05) is 19.0 Å². The van der Waals surface area contributed by atoms with Crippen LogP contribution in [0.4, 0.5) is 13.2 Å². The minimum absolute atomic E-state index is 0.0113. The van der Waals surface area contributed by atoms with Crippen LogP contribution in [-0.2, 0) is 40.9 Å². The van der Waals surface area contributed by atoms with Gasteiger partial charge < -0.3 is 15.4 Å². The summed E-state index contributed by atoms with van der Waals surface area (Å²) in [5.74, 6) is -0.713. The number of halogens is 3. The predicted octanol–water partition coefficient (Wildman–Crippen LogP) is 4.41. The Bertz CT molecular complexity index is 1640. The normalized spacial score (nSPS) is 26.2. The Morgan fingerprint density at radius 3 is 2.41 bits per heavy atom. The monoisotopic (exact) mass is 604 g/mol. The van der Waals surface area contributed by atoms with E-state index in [1.54, 1.807) is 0 Å². The molecule has 44 heavy (non-hydrogen) atoms. The van der Waals surface area contributed by atoms with Gasteiger partial charge in [0.05, 0.1) is 48.8 Å². The van der Waals surface area contributed by atoms with E-state index in [2.05, 4.69) is 9.97 Å². The molecule has 2 aromatic carbocycles. The number of aromatic nitrogens is 2. The number of ether oxygens (including phenoxy) is 1. The van der Waals surface area contributed by atoms with E-state index in [0.717, 1.165) is 25.3 Å². The van der Waals surface area contributed by atoms with E-state index < -0.39 is 28.7 Å². The van der Waals surface area contributed by atoms with Gasteiger partial charge in [-0.1, -0.05) is 36.4 Å². The van der Waals surface area contributed by atoms with Crippen LogP contribution < -0.4 is 5.73 Å². The zero-order valence-corrected chi connectivity index (χ0v) is 23.9. The SMILES string of the molecule is NC1=N[C@](CC23CC[C@@H]2CCOC3)(c2ccccc2)C(=O)N1Cc1ccc(C(F)(F)F)c(C(=O)N2Cc3nccnc3C2)c1. The van der Waals surface area contributed by atoms with Crippen molar-refractivity contribution in [3.05, 3.63) is 94.6 Å². The van der Waals surface area contributed by atoms with Crippen LogP contribution in [0.25, 0.3) is 0 Å². The third-order valence-corrected chi connectivity index (χ3v) is 9.69. The first-order chi connectivity index (χ1) is 21.1. The summed E-state index contributed by atoms with van der Waals surface area (Å²) in [4.78, 5) is 43.7. The lowest BCUT2D eigenvalue weighted by Crippen LogP contribution is -2.53. The van der Waals surface area contributed by atoms with Crippen LogP contribution in [0.15, 0.2) is 65.9 Å². The summed E-state index contributed by atoms with van der Waals surface area (Å²) in [6.45, 7) is 1.21. The van der Waals surface area contributed by atoms with Crippen molar-refractivity contribution in [2.45, 2.75) is 57.0 Å². The number of hydrogen-bond donors (Lipinski definition) is 1. The van der Waals surface area contributed by atoms with Crippen LogP contribution in [0, 0.1) is 11.3 Å². The summed E-state index contributed by atoms with van der Waals surface area (Å²) in [6.07, 6.45) is 1.55. The van der Waals surface area contributed by atoms with Crippen LogP contribution in [-0.4, -0.2) is 50.8 Å². The van der Waals surface area contributed by atoms with Crippen molar-refractivity contribution in [3.63, 3.8) is 0 Å². The minimum Gasteiger partial charge on any atom is -0.381 e. The molecule has 0 spiro atoms. The molecule has 1 aliphatic carbocycles. The van der Waals surface area contributed by atoms with E-state index in [9.17, 15) is 22.8 Å². The lowest BCUT2D eigenvalue weighted by Gasteiger charge is -2.54. The number of guanidine groups is 1. The fourth-order valence-corrected chi connectivity index (χ4v) is 7.28. The standard InChI is InChI=1S/C32H31F3N6O3/c33-32(34,35)24-7-6-20(14-23(24)27(42)40-16-25-26(17-40)38-12-11-37-25)15-41-28(43)31(39-29(41)36,22-4-2-1-3-5-22)18-30-10-8-21(30)9-13-44-19-30/h1-7,11-12,14,21H,8-10,13,15-19H2,(H2,36,39)/t21-,30?,31-/m1/s1. The topological polar surface area (TPSA) is 114 Å². The molecule has 7 rings (SSSR count). The van der Waals surface area contributed by atoms with E-state index in [0.29, 0.717) is 48.1 Å². The number of fused-ring (bicyclic) bond motifs is 2. The molecule has 2 amide bonds. The first kappa shape index (κ1) is 28.5. The number of hydrogen-bond acceptors (Lipinski definition) is 7. The molecule has 9 nitrogen and oxygen atoms in total. The fraction of sp³-hybridized carbons (Fsp3) is 0.406. The average Bonchev–Trinajstić information content (AvgIpc) is 3.54. The van der Waals surface area contributed by atoms with E-state index in [4.69, 9.17) is 15.5 Å². The van der Waals surface area contributed by atoms with E-state index in [1.165, 1.54) is 34.3 Å². The second-order valence-corrected chi connectivity index (χ2v) is 12.2. The summed E-state index contributed by atoms with van der Waals surface area (Å²) in [6, 6.07) is 12.6. The second-order valence-electron chi connectivity index (χ2n) is 12.2. The highest BCUT2D eigenvalue weighted by molar-refractivity contribution is 6.07. The Kier molecular flexibility index (Phi) is 6.72. The van der Waals surface area contributed by atoms with Crippen molar-refractivity contribution < 1.29 is 27.5 Å². The van der Waals surface area contributed by atoms with Gasteiger partial charge in [-0.25, -0.2) is 4.99 Å². The summed E-state index contributed by atoms with van der Waals surface area (Å²) in [5, 5.41) is 0. The number of alkyl halides is 3. The number of nitrogens with zero attached hydrogens (tertiary/aromatic N) is 5. The quantitative estimate of drug-likeness (QED) is 0.446. The van der Waals surface area contributed by atoms with Gasteiger partial charge >= 0.3 is 6.18 Å². The number of carbonyl (C=O) groups excluding carboxylic acids is 2. The molecule has 1 aromatic heterocycles. The van der Waals surface area contributed by atoms with Gasteiger partial charge in [-0.05, 0) is 60.3 Å². The zero-order chi connectivity index (χ0) is 30.7. The molecule has 2 fully saturated rings. The summed E-state index contributed by atoms with van der Waals surface area (Å²) < 4.78 is 48.2. The van der Waals surface area contributed by atoms with Gasteiger partial charge in [-0.2, -0.15) is 13.2 Å². The first-order valence-corrected chi connectivity index (χ1v) is 14.7. The molecule has 12 heteroatoms. The molecule has 2 N–H and O–H groups in total. The number of benzene rings is 2. The van der Waals surface area contributed by atoms with Gasteiger partial charge in [-0.15, -0.1) is 0 Å². The summed E-state index contributed by atoms with van der Waals surface area (Å²) >= 11 is 0. The van der Waals surface area contributed by atoms with Crippen molar-refractivity contribution in [3.8, 4) is 0 Å². The third kappa shape index (κ3) is 4.63. The third-order valence-electron chi connectivity index (χ3n) is 9.69. The van der Waals surface area contributed by atoms with Crippen LogP contribution in [0.5, 0.6) is 0 Å². The van der Waals surface area contributed by atoms with Gasteiger partial charge in [0.1, 0.15) is 0 Å². The number of amides is 2. The number of rotatable bonds is 6. The van der Waals surface area contributed by atoms with Gasteiger partial charge in [0.15, 0.2) is 11.5 Å². The Balaban J connectivity index is 1.20. The van der Waals surface area contributed by atoms with Crippen molar-refractivity contribution in [1.29, 1.82) is 0 Å². The molecule has 228 valence electrons. The smallest absolute Gasteiger partial charge is 0.381 e. The lowest BCUT2D eigenvalue weighted by molar-refractivity contribution is -0.146. The first-order valence-electron chi connectivity index (χ1n) is 14.7. The predicted molar refractivity (Wildman–Crippen MR) is 153 cm³/mol. The van der Waals surface area contributed by atoms with Crippen molar-refractivity contribution in [2.24, 2.45) is 22.1 Å². The fourth-order valence-electron chi connectivity index (χ4n) is 7.28. The largest absolute Gasteiger partial charge is 0.417 e. The molecule has 3 aromatic rings. The molecule has 4 aliphatic rings. The Labute approximate surface area is 251 Å². The molecule has 4 heterocycles. The molecular formula is C32H31F3N6O3. The highest BCUT2D eigenvalue weighted by Crippen LogP contribution is 2.58. The average molecular weight is 605 g/mol. The molecular weight excluding hydrogens is 573 g/mol. The number of carbonyl (C=O) groups is 2. The maximum Gasteiger partial charge on any atom is 0.417 e. The minimum atomic E-state index is -4.76. The number of aliphatic imine (C=N–C) groups is 1. The summed E-state index contributed by atoms with van der Waals surface area (Å²) in [5.41, 5.74) is 5.52. The maximum absolute atomic E-state index is 14.4. The van der Waals surface area contributed by atoms with Gasteiger partial charge in [0.25, 0.3) is 11.8 Å². The molecule has 0 radical (unpaired) electrons. The number of nitrogens with two attached hydrogens (primary N) is 1. The lowest BCUT2D eigenvalue weighted by atomic mass is 9.53.